The second-order valence-corrected chi connectivity index (χ2v) is 7.46. The number of aromatic amines is 1. The monoisotopic (exact) mass is 469 g/mol. The summed E-state index contributed by atoms with van der Waals surface area (Å²) in [7, 11) is 0. The Hall–Kier alpha value is -3.97. The van der Waals surface area contributed by atoms with Gasteiger partial charge in [0, 0.05) is 13.0 Å². The molecule has 3 N–H and O–H groups in total. The van der Waals surface area contributed by atoms with Crippen LogP contribution in [0.4, 0.5) is 23.4 Å². The van der Waals surface area contributed by atoms with Gasteiger partial charge >= 0.3 is 11.9 Å². The first-order valence-electron chi connectivity index (χ1n) is 9.58. The Labute approximate surface area is 181 Å². The minimum Gasteiger partial charge on any atom is -0.333 e. The summed E-state index contributed by atoms with van der Waals surface area (Å²) in [6.07, 6.45) is -4.96. The SMILES string of the molecule is O=C(CN1CCCC1=O)N[C@]1(C(F)(F)F)C(=O)Nc2c1c(=O)[nH]c(=O)n2-c1ccc(F)cc1. The van der Waals surface area contributed by atoms with E-state index in [1.165, 1.54) is 0 Å². The third kappa shape index (κ3) is 3.47. The number of rotatable bonds is 4. The van der Waals surface area contributed by atoms with E-state index in [4.69, 9.17) is 0 Å². The first kappa shape index (κ1) is 22.2. The van der Waals surface area contributed by atoms with Gasteiger partial charge in [-0.1, -0.05) is 0 Å². The lowest BCUT2D eigenvalue weighted by Crippen LogP contribution is -2.63. The van der Waals surface area contributed by atoms with Crippen molar-refractivity contribution in [2.75, 3.05) is 18.4 Å². The molecule has 0 radical (unpaired) electrons. The van der Waals surface area contributed by atoms with Crippen molar-refractivity contribution >= 4 is 23.5 Å². The smallest absolute Gasteiger partial charge is 0.333 e. The number of nitrogens with zero attached hydrogens (tertiary/aromatic N) is 2. The number of amides is 3. The number of alkyl halides is 3. The van der Waals surface area contributed by atoms with Crippen molar-refractivity contribution in [1.29, 1.82) is 0 Å². The highest BCUT2D eigenvalue weighted by Crippen LogP contribution is 2.45. The summed E-state index contributed by atoms with van der Waals surface area (Å²) in [4.78, 5) is 64.5. The van der Waals surface area contributed by atoms with E-state index in [0.29, 0.717) is 11.0 Å². The molecular weight excluding hydrogens is 454 g/mol. The molecule has 10 nitrogen and oxygen atoms in total. The van der Waals surface area contributed by atoms with Gasteiger partial charge < -0.3 is 15.5 Å². The number of aromatic nitrogens is 2. The molecule has 2 aliphatic rings. The van der Waals surface area contributed by atoms with Crippen molar-refractivity contribution < 1.29 is 31.9 Å². The van der Waals surface area contributed by atoms with Crippen LogP contribution in [-0.4, -0.2) is 51.4 Å². The molecule has 0 aliphatic carbocycles. The van der Waals surface area contributed by atoms with Gasteiger partial charge in [-0.2, -0.15) is 13.2 Å². The van der Waals surface area contributed by atoms with Crippen LogP contribution in [0, 0.1) is 5.82 Å². The summed E-state index contributed by atoms with van der Waals surface area (Å²) >= 11 is 0. The van der Waals surface area contributed by atoms with E-state index in [1.807, 2.05) is 5.32 Å². The number of anilines is 1. The van der Waals surface area contributed by atoms with Gasteiger partial charge in [-0.3, -0.25) is 24.2 Å². The normalized spacial score (nSPS) is 20.1. The van der Waals surface area contributed by atoms with Crippen molar-refractivity contribution in [3.8, 4) is 5.69 Å². The molecule has 3 heterocycles. The number of carbonyl (C=O) groups excluding carboxylic acids is 3. The molecule has 1 aromatic carbocycles. The zero-order valence-electron chi connectivity index (χ0n) is 16.6. The molecule has 3 amide bonds. The molecule has 0 unspecified atom stereocenters. The van der Waals surface area contributed by atoms with Crippen molar-refractivity contribution in [3.63, 3.8) is 0 Å². The van der Waals surface area contributed by atoms with Gasteiger partial charge in [-0.25, -0.2) is 13.8 Å². The predicted molar refractivity (Wildman–Crippen MR) is 103 cm³/mol. The Morgan fingerprint density at radius 3 is 2.36 bits per heavy atom. The molecule has 1 atom stereocenters. The lowest BCUT2D eigenvalue weighted by molar-refractivity contribution is -0.200. The van der Waals surface area contributed by atoms with Crippen LogP contribution in [0.15, 0.2) is 33.9 Å². The largest absolute Gasteiger partial charge is 0.425 e. The maximum absolute atomic E-state index is 14.3. The zero-order valence-corrected chi connectivity index (χ0v) is 16.6. The fourth-order valence-corrected chi connectivity index (χ4v) is 3.91. The standard InChI is InChI=1S/C19H15F4N5O5/c20-9-3-5-10(6-4-9)28-14-13(15(31)25-17(28)33)18(16(32)24-14,19(21,22)23)26-11(29)8-27-7-1-2-12(27)30/h3-6H,1-2,7-8H2,(H,24,32)(H,26,29)(H,25,31,33)/t18-/m0/s1. The summed E-state index contributed by atoms with van der Waals surface area (Å²) in [5, 5.41) is 3.43. The maximum Gasteiger partial charge on any atom is 0.425 e. The number of H-pyrrole nitrogens is 1. The molecule has 174 valence electrons. The summed E-state index contributed by atoms with van der Waals surface area (Å²) in [5.74, 6) is -5.12. The average molecular weight is 469 g/mol. The van der Waals surface area contributed by atoms with E-state index in [0.717, 1.165) is 29.2 Å². The van der Waals surface area contributed by atoms with Crippen LogP contribution in [0.25, 0.3) is 5.69 Å². The summed E-state index contributed by atoms with van der Waals surface area (Å²) in [6, 6.07) is 3.93. The average Bonchev–Trinajstić information content (AvgIpc) is 3.24. The van der Waals surface area contributed by atoms with Crippen molar-refractivity contribution in [1.82, 2.24) is 19.8 Å². The van der Waals surface area contributed by atoms with Crippen LogP contribution >= 0.6 is 0 Å². The van der Waals surface area contributed by atoms with Crippen LogP contribution in [-0.2, 0) is 19.9 Å². The van der Waals surface area contributed by atoms with Crippen molar-refractivity contribution in [2.45, 2.75) is 24.6 Å². The molecule has 33 heavy (non-hydrogen) atoms. The van der Waals surface area contributed by atoms with Crippen LogP contribution in [0.2, 0.25) is 0 Å². The maximum atomic E-state index is 14.3. The van der Waals surface area contributed by atoms with Gasteiger partial charge in [0.15, 0.2) is 0 Å². The van der Waals surface area contributed by atoms with Gasteiger partial charge in [0.1, 0.15) is 17.2 Å². The molecule has 14 heteroatoms. The number of likely N-dealkylation sites (tertiary alicyclic amines) is 1. The Balaban J connectivity index is 1.87. The van der Waals surface area contributed by atoms with Crippen LogP contribution < -0.4 is 21.9 Å². The molecule has 2 aromatic rings. The molecule has 4 rings (SSSR count). The van der Waals surface area contributed by atoms with E-state index in [1.54, 1.807) is 10.3 Å². The number of halogens is 4. The Kier molecular flexibility index (Phi) is 5.10. The van der Waals surface area contributed by atoms with Crippen molar-refractivity contribution in [3.05, 3.63) is 56.5 Å². The molecule has 0 bridgehead atoms. The number of hydrogen-bond donors (Lipinski definition) is 3. The van der Waals surface area contributed by atoms with Crippen LogP contribution in [0.5, 0.6) is 0 Å². The lowest BCUT2D eigenvalue weighted by atomic mass is 9.92. The fourth-order valence-electron chi connectivity index (χ4n) is 3.91. The van der Waals surface area contributed by atoms with Gasteiger partial charge in [-0.05, 0) is 30.7 Å². The third-order valence-corrected chi connectivity index (χ3v) is 5.40. The molecule has 2 aliphatic heterocycles. The molecule has 0 saturated carbocycles. The highest BCUT2D eigenvalue weighted by Gasteiger charge is 2.68. The summed E-state index contributed by atoms with van der Waals surface area (Å²) in [5.41, 5.74) is -7.99. The van der Waals surface area contributed by atoms with E-state index >= 15 is 0 Å². The predicted octanol–water partition coefficient (Wildman–Crippen LogP) is 0.113. The summed E-state index contributed by atoms with van der Waals surface area (Å²) in [6.45, 7) is -0.604. The van der Waals surface area contributed by atoms with Gasteiger partial charge in [0.25, 0.3) is 11.5 Å². The first-order chi connectivity index (χ1) is 15.5. The Morgan fingerprint density at radius 2 is 1.79 bits per heavy atom. The van der Waals surface area contributed by atoms with Crippen LogP contribution in [0.1, 0.15) is 18.4 Å². The van der Waals surface area contributed by atoms with Crippen LogP contribution in [0.3, 0.4) is 0 Å². The van der Waals surface area contributed by atoms with Gasteiger partial charge in [-0.15, -0.1) is 0 Å². The zero-order chi connectivity index (χ0) is 24.1. The van der Waals surface area contributed by atoms with E-state index in [2.05, 4.69) is 0 Å². The number of benzene rings is 1. The molecule has 0 spiro atoms. The molecule has 1 fully saturated rings. The topological polar surface area (TPSA) is 133 Å². The van der Waals surface area contributed by atoms with Gasteiger partial charge in [0.2, 0.25) is 17.4 Å². The lowest BCUT2D eigenvalue weighted by Gasteiger charge is -2.30. The van der Waals surface area contributed by atoms with E-state index < -0.39 is 64.4 Å². The molecule has 1 saturated heterocycles. The quantitative estimate of drug-likeness (QED) is 0.547. The first-order valence-corrected chi connectivity index (χ1v) is 9.58. The van der Waals surface area contributed by atoms with Crippen molar-refractivity contribution in [2.24, 2.45) is 0 Å². The number of carbonyl (C=O) groups is 3. The second-order valence-electron chi connectivity index (χ2n) is 7.46. The van der Waals surface area contributed by atoms with E-state index in [-0.39, 0.29) is 18.7 Å². The minimum absolute atomic E-state index is 0.130. The molecule has 1 aromatic heterocycles. The number of hydrogen-bond acceptors (Lipinski definition) is 5. The summed E-state index contributed by atoms with van der Waals surface area (Å²) < 4.78 is 56.8. The van der Waals surface area contributed by atoms with E-state index in [9.17, 15) is 41.5 Å². The third-order valence-electron chi connectivity index (χ3n) is 5.40. The Bertz CT molecular complexity index is 1280. The highest BCUT2D eigenvalue weighted by atomic mass is 19.4. The van der Waals surface area contributed by atoms with Gasteiger partial charge in [0.05, 0.1) is 12.2 Å². The number of nitrogens with one attached hydrogen (secondary N) is 3. The second kappa shape index (κ2) is 7.56. The minimum atomic E-state index is -5.51. The fraction of sp³-hybridized carbons (Fsp3) is 0.316. The number of fused-ring (bicyclic) bond motifs is 1. The highest BCUT2D eigenvalue weighted by molar-refractivity contribution is 6.08. The Morgan fingerprint density at radius 1 is 1.12 bits per heavy atom. The molecular formula is C19H15F4N5O5.